The van der Waals surface area contributed by atoms with Gasteiger partial charge in [-0.05, 0) is 30.3 Å². The van der Waals surface area contributed by atoms with Crippen LogP contribution >= 0.6 is 11.8 Å². The third-order valence-corrected chi connectivity index (χ3v) is 2.90. The molecule has 2 rings (SSSR count). The molecule has 2 N–H and O–H groups in total. The van der Waals surface area contributed by atoms with Crippen molar-refractivity contribution < 1.29 is 0 Å². The molecule has 16 heavy (non-hydrogen) atoms. The molecule has 0 fully saturated rings. The standard InChI is InChI=1S/C11H12N4S/c1-8(12)9-2-3-10(15-6-9)16-11-7-13-4-5-14-11/h2-8H,12H2,1H3/t8-/m1/s1. The first kappa shape index (κ1) is 11.0. The number of aromatic nitrogens is 3. The molecule has 0 aliphatic heterocycles. The lowest BCUT2D eigenvalue weighted by Crippen LogP contribution is -2.04. The first-order valence-corrected chi connectivity index (χ1v) is 5.73. The van der Waals surface area contributed by atoms with E-state index in [9.17, 15) is 0 Å². The Hall–Kier alpha value is -1.46. The Morgan fingerprint density at radius 2 is 2.00 bits per heavy atom. The Labute approximate surface area is 98.3 Å². The highest BCUT2D eigenvalue weighted by atomic mass is 32.2. The van der Waals surface area contributed by atoms with Gasteiger partial charge in [-0.1, -0.05) is 6.07 Å². The normalized spacial score (nSPS) is 12.4. The third kappa shape index (κ3) is 2.77. The van der Waals surface area contributed by atoms with Crippen LogP contribution in [0.3, 0.4) is 0 Å². The second-order valence-corrected chi connectivity index (χ2v) is 4.40. The van der Waals surface area contributed by atoms with Crippen LogP contribution in [0.4, 0.5) is 0 Å². The maximum atomic E-state index is 5.75. The zero-order chi connectivity index (χ0) is 11.4. The quantitative estimate of drug-likeness (QED) is 0.877. The van der Waals surface area contributed by atoms with Crippen molar-refractivity contribution >= 4 is 11.8 Å². The number of nitrogens with zero attached hydrogens (tertiary/aromatic N) is 3. The Balaban J connectivity index is 2.11. The van der Waals surface area contributed by atoms with Gasteiger partial charge in [0, 0.05) is 24.6 Å². The molecule has 0 aromatic carbocycles. The molecule has 0 radical (unpaired) electrons. The minimum atomic E-state index is 0.0167. The molecule has 0 saturated heterocycles. The molecule has 0 aliphatic carbocycles. The second kappa shape index (κ2) is 5.05. The fourth-order valence-corrected chi connectivity index (χ4v) is 1.85. The van der Waals surface area contributed by atoms with Crippen LogP contribution in [0.15, 0.2) is 47.0 Å². The van der Waals surface area contributed by atoms with Crippen molar-refractivity contribution in [2.45, 2.75) is 23.0 Å². The van der Waals surface area contributed by atoms with E-state index in [4.69, 9.17) is 5.73 Å². The molecule has 2 aromatic rings. The van der Waals surface area contributed by atoms with Crippen LogP contribution in [-0.4, -0.2) is 15.0 Å². The van der Waals surface area contributed by atoms with E-state index in [1.807, 2.05) is 19.1 Å². The summed E-state index contributed by atoms with van der Waals surface area (Å²) >= 11 is 1.48. The average Bonchev–Trinajstić information content (AvgIpc) is 2.31. The number of rotatable bonds is 3. The van der Waals surface area contributed by atoms with E-state index in [-0.39, 0.29) is 6.04 Å². The van der Waals surface area contributed by atoms with Crippen molar-refractivity contribution in [3.05, 3.63) is 42.5 Å². The Kier molecular flexibility index (Phi) is 3.48. The summed E-state index contributed by atoms with van der Waals surface area (Å²) in [5.74, 6) is 0. The van der Waals surface area contributed by atoms with Crippen molar-refractivity contribution in [1.29, 1.82) is 0 Å². The van der Waals surface area contributed by atoms with Gasteiger partial charge >= 0.3 is 0 Å². The number of hydrogen-bond acceptors (Lipinski definition) is 5. The van der Waals surface area contributed by atoms with Crippen LogP contribution in [0.1, 0.15) is 18.5 Å². The van der Waals surface area contributed by atoms with E-state index in [0.717, 1.165) is 15.6 Å². The predicted octanol–water partition coefficient (Wildman–Crippen LogP) is 2.04. The molecule has 82 valence electrons. The van der Waals surface area contributed by atoms with Gasteiger partial charge in [-0.3, -0.25) is 4.98 Å². The topological polar surface area (TPSA) is 64.7 Å². The minimum Gasteiger partial charge on any atom is -0.324 e. The van der Waals surface area contributed by atoms with Crippen LogP contribution in [0, 0.1) is 0 Å². The molecule has 5 heteroatoms. The monoisotopic (exact) mass is 232 g/mol. The van der Waals surface area contributed by atoms with E-state index < -0.39 is 0 Å². The smallest absolute Gasteiger partial charge is 0.121 e. The summed E-state index contributed by atoms with van der Waals surface area (Å²) in [6.07, 6.45) is 6.82. The van der Waals surface area contributed by atoms with Crippen molar-refractivity contribution in [2.24, 2.45) is 5.73 Å². The molecule has 0 aliphatic rings. The maximum absolute atomic E-state index is 5.75. The minimum absolute atomic E-state index is 0.0167. The molecule has 0 saturated carbocycles. The predicted molar refractivity (Wildman–Crippen MR) is 63.0 cm³/mol. The fourth-order valence-electron chi connectivity index (χ4n) is 1.17. The van der Waals surface area contributed by atoms with E-state index >= 15 is 0 Å². The van der Waals surface area contributed by atoms with Crippen LogP contribution in [0.2, 0.25) is 0 Å². The average molecular weight is 232 g/mol. The molecule has 2 aromatic heterocycles. The summed E-state index contributed by atoms with van der Waals surface area (Å²) in [7, 11) is 0. The molecule has 0 amide bonds. The Bertz CT molecular complexity index is 441. The molecule has 0 bridgehead atoms. The maximum Gasteiger partial charge on any atom is 0.121 e. The summed E-state index contributed by atoms with van der Waals surface area (Å²) in [4.78, 5) is 12.5. The molecular formula is C11H12N4S. The van der Waals surface area contributed by atoms with Crippen LogP contribution in [0.25, 0.3) is 0 Å². The fraction of sp³-hybridized carbons (Fsp3) is 0.182. The molecule has 1 atom stereocenters. The van der Waals surface area contributed by atoms with Gasteiger partial charge in [-0.15, -0.1) is 0 Å². The van der Waals surface area contributed by atoms with Crippen molar-refractivity contribution in [3.63, 3.8) is 0 Å². The molecule has 0 spiro atoms. The third-order valence-electron chi connectivity index (χ3n) is 2.03. The highest BCUT2D eigenvalue weighted by molar-refractivity contribution is 7.99. The van der Waals surface area contributed by atoms with Gasteiger partial charge in [-0.25, -0.2) is 9.97 Å². The van der Waals surface area contributed by atoms with E-state index in [2.05, 4.69) is 15.0 Å². The second-order valence-electron chi connectivity index (χ2n) is 3.36. The summed E-state index contributed by atoms with van der Waals surface area (Å²) in [5.41, 5.74) is 6.78. The van der Waals surface area contributed by atoms with E-state index in [1.54, 1.807) is 24.8 Å². The summed E-state index contributed by atoms with van der Waals surface area (Å²) in [5, 5.41) is 1.73. The Morgan fingerprint density at radius 3 is 2.56 bits per heavy atom. The SMILES string of the molecule is C[C@@H](N)c1ccc(Sc2cnccn2)nc1. The van der Waals surface area contributed by atoms with Crippen LogP contribution in [0.5, 0.6) is 0 Å². The largest absolute Gasteiger partial charge is 0.324 e. The number of nitrogens with two attached hydrogens (primary N) is 1. The van der Waals surface area contributed by atoms with Gasteiger partial charge in [-0.2, -0.15) is 0 Å². The van der Waals surface area contributed by atoms with E-state index in [1.165, 1.54) is 11.8 Å². The van der Waals surface area contributed by atoms with Gasteiger partial charge in [0.05, 0.1) is 6.20 Å². The van der Waals surface area contributed by atoms with Gasteiger partial charge < -0.3 is 5.73 Å². The number of pyridine rings is 1. The van der Waals surface area contributed by atoms with Crippen LogP contribution < -0.4 is 5.73 Å². The zero-order valence-corrected chi connectivity index (χ0v) is 9.69. The van der Waals surface area contributed by atoms with Gasteiger partial charge in [0.2, 0.25) is 0 Å². The lowest BCUT2D eigenvalue weighted by Gasteiger charge is -2.05. The molecule has 0 unspecified atom stereocenters. The van der Waals surface area contributed by atoms with Crippen molar-refractivity contribution in [1.82, 2.24) is 15.0 Å². The zero-order valence-electron chi connectivity index (χ0n) is 8.87. The van der Waals surface area contributed by atoms with E-state index in [0.29, 0.717) is 0 Å². The highest BCUT2D eigenvalue weighted by Crippen LogP contribution is 2.23. The number of hydrogen-bond donors (Lipinski definition) is 1. The molecule has 2 heterocycles. The molecular weight excluding hydrogens is 220 g/mol. The highest BCUT2D eigenvalue weighted by Gasteiger charge is 2.02. The van der Waals surface area contributed by atoms with Crippen molar-refractivity contribution in [2.75, 3.05) is 0 Å². The Morgan fingerprint density at radius 1 is 1.12 bits per heavy atom. The molecule has 4 nitrogen and oxygen atoms in total. The van der Waals surface area contributed by atoms with Gasteiger partial charge in [0.25, 0.3) is 0 Å². The summed E-state index contributed by atoms with van der Waals surface area (Å²) < 4.78 is 0. The lowest BCUT2D eigenvalue weighted by atomic mass is 10.2. The summed E-state index contributed by atoms with van der Waals surface area (Å²) in [6.45, 7) is 1.94. The first-order chi connectivity index (χ1) is 7.75. The lowest BCUT2D eigenvalue weighted by molar-refractivity contribution is 0.806. The van der Waals surface area contributed by atoms with Gasteiger partial charge in [0.1, 0.15) is 10.1 Å². The summed E-state index contributed by atoms with van der Waals surface area (Å²) in [6, 6.07) is 3.94. The van der Waals surface area contributed by atoms with Crippen molar-refractivity contribution in [3.8, 4) is 0 Å². The van der Waals surface area contributed by atoms with Gasteiger partial charge in [0.15, 0.2) is 0 Å². The van der Waals surface area contributed by atoms with Crippen LogP contribution in [-0.2, 0) is 0 Å². The first-order valence-electron chi connectivity index (χ1n) is 4.91.